The van der Waals surface area contributed by atoms with E-state index in [0.717, 1.165) is 0 Å². The largest absolute Gasteiger partial charge is 0.368 e. The van der Waals surface area contributed by atoms with Crippen molar-refractivity contribution in [3.05, 3.63) is 95.3 Å². The van der Waals surface area contributed by atoms with Gasteiger partial charge in [0.1, 0.15) is 0 Å². The van der Waals surface area contributed by atoms with Crippen LogP contribution < -0.4 is 0 Å². The normalized spacial score (nSPS) is 11.5. The molecule has 0 fully saturated rings. The SMILES string of the molecule is Cl.O=C1c2ccccc2C(=O)c2ccccc21.c1cc[nH]c1. The maximum atomic E-state index is 12.1. The fraction of sp³-hybridized carbons (Fsp3) is 0. The van der Waals surface area contributed by atoms with Crippen molar-refractivity contribution in [3.8, 4) is 0 Å². The summed E-state index contributed by atoms with van der Waals surface area (Å²) in [6.07, 6.45) is 3.75. The second-order valence-corrected chi connectivity index (χ2v) is 4.63. The first-order valence-electron chi connectivity index (χ1n) is 6.64. The van der Waals surface area contributed by atoms with E-state index in [-0.39, 0.29) is 24.0 Å². The minimum Gasteiger partial charge on any atom is -0.368 e. The summed E-state index contributed by atoms with van der Waals surface area (Å²) in [6, 6.07) is 17.8. The van der Waals surface area contributed by atoms with E-state index < -0.39 is 0 Å². The van der Waals surface area contributed by atoms with Crippen LogP contribution in [0, 0.1) is 0 Å². The van der Waals surface area contributed by atoms with Gasteiger partial charge < -0.3 is 4.98 Å². The van der Waals surface area contributed by atoms with Crippen molar-refractivity contribution in [3.63, 3.8) is 0 Å². The molecule has 1 aromatic heterocycles. The van der Waals surface area contributed by atoms with Crippen LogP contribution in [0.2, 0.25) is 0 Å². The molecule has 1 heterocycles. The molecule has 3 nitrogen and oxygen atoms in total. The topological polar surface area (TPSA) is 49.9 Å². The van der Waals surface area contributed by atoms with E-state index in [9.17, 15) is 9.59 Å². The molecule has 0 amide bonds. The third kappa shape index (κ3) is 2.85. The second kappa shape index (κ2) is 6.87. The predicted octanol–water partition coefficient (Wildman–Crippen LogP) is 3.90. The molecule has 0 bridgehead atoms. The quantitative estimate of drug-likeness (QED) is 0.535. The van der Waals surface area contributed by atoms with Crippen molar-refractivity contribution >= 4 is 24.0 Å². The van der Waals surface area contributed by atoms with E-state index in [0.29, 0.717) is 22.3 Å². The lowest BCUT2D eigenvalue weighted by Crippen LogP contribution is -2.20. The number of rotatable bonds is 0. The molecule has 22 heavy (non-hydrogen) atoms. The Morgan fingerprint density at radius 1 is 0.545 bits per heavy atom. The van der Waals surface area contributed by atoms with Crippen molar-refractivity contribution in [1.29, 1.82) is 0 Å². The van der Waals surface area contributed by atoms with Crippen LogP contribution >= 0.6 is 12.4 Å². The maximum Gasteiger partial charge on any atom is 0.194 e. The molecule has 3 aromatic rings. The van der Waals surface area contributed by atoms with Crippen LogP contribution in [0.4, 0.5) is 0 Å². The number of benzene rings is 2. The lowest BCUT2D eigenvalue weighted by molar-refractivity contribution is 0.0979. The fourth-order valence-electron chi connectivity index (χ4n) is 2.33. The van der Waals surface area contributed by atoms with Crippen molar-refractivity contribution in [1.82, 2.24) is 4.98 Å². The molecule has 0 unspecified atom stereocenters. The number of carbonyl (C=O) groups excluding carboxylic acids is 2. The molecule has 2 aromatic carbocycles. The van der Waals surface area contributed by atoms with Gasteiger partial charge in [0.25, 0.3) is 0 Å². The van der Waals surface area contributed by atoms with Crippen LogP contribution in [0.5, 0.6) is 0 Å². The summed E-state index contributed by atoms with van der Waals surface area (Å²) in [4.78, 5) is 27.1. The van der Waals surface area contributed by atoms with Crippen molar-refractivity contribution in [2.24, 2.45) is 0 Å². The fourth-order valence-corrected chi connectivity index (χ4v) is 2.33. The van der Waals surface area contributed by atoms with Gasteiger partial charge in [-0.3, -0.25) is 9.59 Å². The first kappa shape index (κ1) is 15.7. The smallest absolute Gasteiger partial charge is 0.194 e. The van der Waals surface area contributed by atoms with E-state index in [1.54, 1.807) is 48.5 Å². The van der Waals surface area contributed by atoms with Gasteiger partial charge in [-0.15, -0.1) is 12.4 Å². The maximum absolute atomic E-state index is 12.1. The Hall–Kier alpha value is -2.65. The van der Waals surface area contributed by atoms with Crippen LogP contribution in [-0.4, -0.2) is 16.6 Å². The Labute approximate surface area is 134 Å². The molecular weight excluding hydrogens is 298 g/mol. The molecule has 4 rings (SSSR count). The molecule has 4 heteroatoms. The van der Waals surface area contributed by atoms with Gasteiger partial charge in [-0.05, 0) is 12.1 Å². The average Bonchev–Trinajstić information content (AvgIpc) is 3.12. The number of H-pyrrole nitrogens is 1. The highest BCUT2D eigenvalue weighted by Gasteiger charge is 2.28. The molecule has 0 radical (unpaired) electrons. The highest BCUT2D eigenvalue weighted by molar-refractivity contribution is 6.28. The lowest BCUT2D eigenvalue weighted by atomic mass is 9.84. The first-order chi connectivity index (χ1) is 10.3. The van der Waals surface area contributed by atoms with Gasteiger partial charge >= 0.3 is 0 Å². The van der Waals surface area contributed by atoms with E-state index in [1.165, 1.54) is 0 Å². The van der Waals surface area contributed by atoms with E-state index in [1.807, 2.05) is 24.5 Å². The van der Waals surface area contributed by atoms with Gasteiger partial charge in [-0.2, -0.15) is 0 Å². The number of hydrogen-bond acceptors (Lipinski definition) is 2. The molecule has 1 aliphatic rings. The summed E-state index contributed by atoms with van der Waals surface area (Å²) >= 11 is 0. The number of aromatic amines is 1. The van der Waals surface area contributed by atoms with Gasteiger partial charge in [-0.1, -0.05) is 48.5 Å². The number of halogens is 1. The molecule has 1 N–H and O–H groups in total. The lowest BCUT2D eigenvalue weighted by Gasteiger charge is -2.16. The van der Waals surface area contributed by atoms with Crippen LogP contribution in [0.15, 0.2) is 73.1 Å². The minimum absolute atomic E-state index is 0. The van der Waals surface area contributed by atoms with Gasteiger partial charge in [0, 0.05) is 34.6 Å². The standard InChI is InChI=1S/C14H8O2.C4H5N.ClH/c15-13-9-5-1-2-6-10(9)14(16)12-8-4-3-7-11(12)13;1-2-4-5-3-1;/h1-8H;1-5H;1H. The molecule has 0 saturated carbocycles. The van der Waals surface area contributed by atoms with E-state index in [4.69, 9.17) is 0 Å². The van der Waals surface area contributed by atoms with E-state index in [2.05, 4.69) is 4.98 Å². The zero-order valence-corrected chi connectivity index (χ0v) is 12.5. The summed E-state index contributed by atoms with van der Waals surface area (Å²) in [7, 11) is 0. The Kier molecular flexibility index (Phi) is 4.92. The summed E-state index contributed by atoms with van der Waals surface area (Å²) in [5.74, 6) is -0.128. The molecule has 1 aliphatic carbocycles. The molecular formula is C18H14ClNO2. The van der Waals surface area contributed by atoms with Crippen molar-refractivity contribution in [2.75, 3.05) is 0 Å². The molecule has 0 spiro atoms. The average molecular weight is 312 g/mol. The summed E-state index contributed by atoms with van der Waals surface area (Å²) in [6.45, 7) is 0. The minimum atomic E-state index is -0.0641. The Morgan fingerprint density at radius 2 is 0.864 bits per heavy atom. The number of aromatic nitrogens is 1. The van der Waals surface area contributed by atoms with Gasteiger partial charge in [0.15, 0.2) is 11.6 Å². The highest BCUT2D eigenvalue weighted by Crippen LogP contribution is 2.26. The molecule has 110 valence electrons. The zero-order valence-electron chi connectivity index (χ0n) is 11.7. The monoisotopic (exact) mass is 311 g/mol. The number of nitrogens with one attached hydrogen (secondary N) is 1. The van der Waals surface area contributed by atoms with E-state index >= 15 is 0 Å². The molecule has 0 saturated heterocycles. The summed E-state index contributed by atoms with van der Waals surface area (Å²) < 4.78 is 0. The predicted molar refractivity (Wildman–Crippen MR) is 87.8 cm³/mol. The third-order valence-corrected chi connectivity index (χ3v) is 3.33. The summed E-state index contributed by atoms with van der Waals surface area (Å²) in [5, 5.41) is 0. The van der Waals surface area contributed by atoms with Crippen LogP contribution in [-0.2, 0) is 0 Å². The van der Waals surface area contributed by atoms with Gasteiger partial charge in [0.05, 0.1) is 0 Å². The Balaban J connectivity index is 0.000000253. The van der Waals surface area contributed by atoms with Gasteiger partial charge in [0.2, 0.25) is 0 Å². The van der Waals surface area contributed by atoms with Crippen LogP contribution in [0.3, 0.4) is 0 Å². The number of fused-ring (bicyclic) bond motifs is 2. The number of carbonyl (C=O) groups is 2. The Morgan fingerprint density at radius 3 is 1.09 bits per heavy atom. The zero-order chi connectivity index (χ0) is 14.7. The second-order valence-electron chi connectivity index (χ2n) is 4.63. The van der Waals surface area contributed by atoms with Crippen LogP contribution in [0.25, 0.3) is 0 Å². The van der Waals surface area contributed by atoms with Crippen molar-refractivity contribution in [2.45, 2.75) is 0 Å². The number of ketones is 2. The third-order valence-electron chi connectivity index (χ3n) is 3.33. The summed E-state index contributed by atoms with van der Waals surface area (Å²) in [5.41, 5.74) is 2.02. The van der Waals surface area contributed by atoms with Crippen LogP contribution in [0.1, 0.15) is 31.8 Å². The number of hydrogen-bond donors (Lipinski definition) is 1. The molecule has 0 aliphatic heterocycles. The van der Waals surface area contributed by atoms with Crippen molar-refractivity contribution < 1.29 is 9.59 Å². The van der Waals surface area contributed by atoms with Gasteiger partial charge in [-0.25, -0.2) is 0 Å². The first-order valence-corrected chi connectivity index (χ1v) is 6.64. The highest BCUT2D eigenvalue weighted by atomic mass is 35.5. The Bertz CT molecular complexity index is 672. The molecule has 0 atom stereocenters.